The van der Waals surface area contributed by atoms with E-state index in [2.05, 4.69) is 17.6 Å². The summed E-state index contributed by atoms with van der Waals surface area (Å²) < 4.78 is 5.48. The average Bonchev–Trinajstić information content (AvgIpc) is 2.90. The monoisotopic (exact) mass is 615 g/mol. The maximum Gasteiger partial charge on any atom is 0.408 e. The van der Waals surface area contributed by atoms with Crippen molar-refractivity contribution < 1.29 is 24.2 Å². The van der Waals surface area contributed by atoms with Gasteiger partial charge in [-0.05, 0) is 64.2 Å². The van der Waals surface area contributed by atoms with Gasteiger partial charge in [0.05, 0.1) is 10.7 Å². The summed E-state index contributed by atoms with van der Waals surface area (Å²) in [5.41, 5.74) is 0.727. The van der Waals surface area contributed by atoms with Crippen LogP contribution in [0.5, 0.6) is 5.75 Å². The van der Waals surface area contributed by atoms with Gasteiger partial charge in [0.25, 0.3) is 5.91 Å². The minimum Gasteiger partial charge on any atom is -0.508 e. The van der Waals surface area contributed by atoms with Gasteiger partial charge in [-0.25, -0.2) is 4.79 Å². The van der Waals surface area contributed by atoms with E-state index in [1.165, 1.54) is 11.0 Å². The number of benzene rings is 2. The van der Waals surface area contributed by atoms with Crippen LogP contribution in [-0.4, -0.2) is 46.1 Å². The Labute approximate surface area is 262 Å². The van der Waals surface area contributed by atoms with Gasteiger partial charge in [-0.2, -0.15) is 0 Å². The van der Waals surface area contributed by atoms with E-state index in [1.54, 1.807) is 51.1 Å². The zero-order valence-corrected chi connectivity index (χ0v) is 27.6. The van der Waals surface area contributed by atoms with Crippen molar-refractivity contribution in [2.45, 2.75) is 111 Å². The summed E-state index contributed by atoms with van der Waals surface area (Å²) in [6.45, 7) is 13.4. The lowest BCUT2D eigenvalue weighted by Gasteiger charge is -2.35. The number of unbranched alkanes of at least 4 members (excludes halogenated alkanes) is 5. The smallest absolute Gasteiger partial charge is 0.408 e. The van der Waals surface area contributed by atoms with Crippen LogP contribution in [0.3, 0.4) is 0 Å². The zero-order valence-electron chi connectivity index (χ0n) is 26.8. The van der Waals surface area contributed by atoms with E-state index in [0.717, 1.165) is 37.7 Å². The Morgan fingerprint density at radius 1 is 0.977 bits per heavy atom. The number of alkyl carbamates (subject to hydrolysis) is 1. The molecule has 0 bridgehead atoms. The molecule has 0 fully saturated rings. The van der Waals surface area contributed by atoms with Crippen LogP contribution in [0.4, 0.5) is 10.5 Å². The molecule has 0 aliphatic heterocycles. The number of phenolic OH excluding ortho intramolecular Hbond substituents is 1. The number of phenols is 1. The van der Waals surface area contributed by atoms with Crippen molar-refractivity contribution >= 4 is 35.2 Å². The molecular weight excluding hydrogens is 566 g/mol. The fraction of sp³-hybridized carbons (Fsp3) is 0.559. The van der Waals surface area contributed by atoms with E-state index in [-0.39, 0.29) is 23.8 Å². The minimum atomic E-state index is -1.19. The second-order valence-corrected chi connectivity index (χ2v) is 12.9. The van der Waals surface area contributed by atoms with Gasteiger partial charge < -0.3 is 25.4 Å². The Hall–Kier alpha value is -3.26. The predicted molar refractivity (Wildman–Crippen MR) is 173 cm³/mol. The fourth-order valence-corrected chi connectivity index (χ4v) is 5.19. The Morgan fingerprint density at radius 2 is 1.63 bits per heavy atom. The van der Waals surface area contributed by atoms with Gasteiger partial charge in [0.2, 0.25) is 5.91 Å². The number of hydrogen-bond acceptors (Lipinski definition) is 5. The number of nitrogens with one attached hydrogen (secondary N) is 2. The molecule has 0 aliphatic rings. The van der Waals surface area contributed by atoms with Crippen molar-refractivity contribution in [2.75, 3.05) is 11.9 Å². The normalized spacial score (nSPS) is 12.9. The molecule has 0 heterocycles. The highest BCUT2D eigenvalue weighted by Crippen LogP contribution is 2.33. The van der Waals surface area contributed by atoms with E-state index < -0.39 is 35.6 Å². The fourth-order valence-electron chi connectivity index (χ4n) is 4.92. The van der Waals surface area contributed by atoms with E-state index in [9.17, 15) is 19.5 Å². The van der Waals surface area contributed by atoms with Gasteiger partial charge in [-0.3, -0.25) is 9.59 Å². The van der Waals surface area contributed by atoms with Crippen molar-refractivity contribution in [3.8, 4) is 5.75 Å². The lowest BCUT2D eigenvalue weighted by atomic mass is 9.98. The summed E-state index contributed by atoms with van der Waals surface area (Å²) in [6, 6.07) is 9.69. The molecule has 3 amide bonds. The molecule has 2 rings (SSSR count). The van der Waals surface area contributed by atoms with E-state index >= 15 is 0 Å². The van der Waals surface area contributed by atoms with Gasteiger partial charge in [0.15, 0.2) is 0 Å². The number of nitrogens with zero attached hydrogens (tertiary/aromatic N) is 1. The molecule has 0 radical (unpaired) electrons. The predicted octanol–water partition coefficient (Wildman–Crippen LogP) is 8.16. The maximum atomic E-state index is 14.4. The largest absolute Gasteiger partial charge is 0.508 e. The molecule has 2 atom stereocenters. The molecular formula is C34H50ClN3O5. The van der Waals surface area contributed by atoms with Gasteiger partial charge >= 0.3 is 6.09 Å². The van der Waals surface area contributed by atoms with Crippen molar-refractivity contribution in [1.82, 2.24) is 10.2 Å². The molecule has 0 spiro atoms. The number of carbonyl (C=O) groups excluding carboxylic acids is 3. The topological polar surface area (TPSA) is 108 Å². The number of para-hydroxylation sites is 2. The van der Waals surface area contributed by atoms with Gasteiger partial charge in [0.1, 0.15) is 23.4 Å². The molecule has 2 aromatic rings. The highest BCUT2D eigenvalue weighted by Gasteiger charge is 2.37. The Kier molecular flexibility index (Phi) is 14.3. The molecule has 0 aliphatic carbocycles. The lowest BCUT2D eigenvalue weighted by Crippen LogP contribution is -2.53. The molecule has 0 saturated heterocycles. The Bertz CT molecular complexity index is 1190. The molecule has 0 aromatic heterocycles. The number of aryl methyl sites for hydroxylation is 1. The second-order valence-electron chi connectivity index (χ2n) is 12.5. The number of ether oxygens (including phenoxy) is 1. The standard InChI is InChI=1S/C34H50ClN3O5/c1-8-9-10-11-12-15-21-38(32(41)27(22-23(2)3)36-33(42)43-34(5,6)7)30(25-18-13-14-20-28(25)39)31(40)37-29-24(4)17-16-19-26(29)35/h13-14,16-20,23,27,30,39H,8-12,15,21-22H2,1-7H3,(H,36,42)(H,37,40). The first-order valence-corrected chi connectivity index (χ1v) is 15.8. The SMILES string of the molecule is CCCCCCCCN(C(=O)C(CC(C)C)NC(=O)OC(C)(C)C)C(C(=O)Nc1c(C)cccc1Cl)c1ccccc1O. The van der Waals surface area contributed by atoms with Gasteiger partial charge in [0, 0.05) is 12.1 Å². The van der Waals surface area contributed by atoms with Crippen LogP contribution in [0, 0.1) is 12.8 Å². The molecule has 8 nitrogen and oxygen atoms in total. The zero-order chi connectivity index (χ0) is 32.2. The van der Waals surface area contributed by atoms with Crippen molar-refractivity contribution in [1.29, 1.82) is 0 Å². The van der Waals surface area contributed by atoms with Crippen molar-refractivity contribution in [3.63, 3.8) is 0 Å². The lowest BCUT2D eigenvalue weighted by molar-refractivity contribution is -0.141. The minimum absolute atomic E-state index is 0.0583. The van der Waals surface area contributed by atoms with Gasteiger partial charge in [-0.15, -0.1) is 0 Å². The molecule has 0 saturated carbocycles. The summed E-state index contributed by atoms with van der Waals surface area (Å²) in [5.74, 6) is -0.993. The first-order valence-electron chi connectivity index (χ1n) is 15.4. The van der Waals surface area contributed by atoms with Gasteiger partial charge in [-0.1, -0.05) is 94.8 Å². The molecule has 43 heavy (non-hydrogen) atoms. The molecule has 3 N–H and O–H groups in total. The van der Waals surface area contributed by atoms with Crippen LogP contribution < -0.4 is 10.6 Å². The van der Waals surface area contributed by atoms with Crippen LogP contribution in [0.15, 0.2) is 42.5 Å². The summed E-state index contributed by atoms with van der Waals surface area (Å²) in [4.78, 5) is 42.9. The van der Waals surface area contributed by atoms with Crippen LogP contribution in [0.2, 0.25) is 5.02 Å². The van der Waals surface area contributed by atoms with Crippen LogP contribution in [0.25, 0.3) is 0 Å². The Balaban J connectivity index is 2.57. The Morgan fingerprint density at radius 3 is 2.23 bits per heavy atom. The highest BCUT2D eigenvalue weighted by molar-refractivity contribution is 6.34. The molecule has 2 aromatic carbocycles. The van der Waals surface area contributed by atoms with Crippen LogP contribution in [-0.2, 0) is 14.3 Å². The third-order valence-electron chi connectivity index (χ3n) is 6.99. The maximum absolute atomic E-state index is 14.4. The number of amides is 3. The summed E-state index contributed by atoms with van der Waals surface area (Å²) in [5, 5.41) is 17.0. The summed E-state index contributed by atoms with van der Waals surface area (Å²) in [6.07, 6.45) is 5.51. The van der Waals surface area contributed by atoms with Crippen LogP contribution >= 0.6 is 11.6 Å². The third kappa shape index (κ3) is 11.7. The molecule has 9 heteroatoms. The van der Waals surface area contributed by atoms with Crippen molar-refractivity contribution in [3.05, 3.63) is 58.6 Å². The molecule has 2 unspecified atom stereocenters. The summed E-state index contributed by atoms with van der Waals surface area (Å²) in [7, 11) is 0. The number of anilines is 1. The van der Waals surface area contributed by atoms with E-state index in [1.807, 2.05) is 26.8 Å². The summed E-state index contributed by atoms with van der Waals surface area (Å²) >= 11 is 6.45. The van der Waals surface area contributed by atoms with Crippen molar-refractivity contribution in [2.24, 2.45) is 5.92 Å². The highest BCUT2D eigenvalue weighted by atomic mass is 35.5. The first-order chi connectivity index (χ1) is 20.2. The first kappa shape index (κ1) is 35.9. The third-order valence-corrected chi connectivity index (χ3v) is 7.31. The number of carbonyl (C=O) groups is 3. The number of rotatable bonds is 15. The van der Waals surface area contributed by atoms with E-state index in [0.29, 0.717) is 23.6 Å². The van der Waals surface area contributed by atoms with Crippen LogP contribution in [0.1, 0.15) is 104 Å². The van der Waals surface area contributed by atoms with E-state index in [4.69, 9.17) is 16.3 Å². The second kappa shape index (κ2) is 17.1. The number of halogens is 1. The quantitative estimate of drug-likeness (QED) is 0.175. The average molecular weight is 616 g/mol. The number of aromatic hydroxyl groups is 1. The number of hydrogen-bond donors (Lipinski definition) is 3. The molecule has 238 valence electrons.